The van der Waals surface area contributed by atoms with Gasteiger partial charge in [0, 0.05) is 12.1 Å². The van der Waals surface area contributed by atoms with Gasteiger partial charge in [-0.3, -0.25) is 4.90 Å². The third-order valence-corrected chi connectivity index (χ3v) is 5.88. The van der Waals surface area contributed by atoms with E-state index in [-0.39, 0.29) is 5.54 Å². The molecular formula is C17H34N2. The number of likely N-dealkylation sites (tertiary alicyclic amines) is 1. The van der Waals surface area contributed by atoms with Crippen LogP contribution < -0.4 is 5.73 Å². The third kappa shape index (κ3) is 3.52. The minimum atomic E-state index is 0.258. The highest BCUT2D eigenvalue weighted by Gasteiger charge is 2.38. The number of hydrogen-bond acceptors (Lipinski definition) is 2. The number of nitrogens with two attached hydrogens (primary N) is 1. The molecule has 1 heterocycles. The van der Waals surface area contributed by atoms with Gasteiger partial charge in [-0.1, -0.05) is 40.0 Å². The minimum Gasteiger partial charge on any atom is -0.329 e. The Morgan fingerprint density at radius 3 is 1.95 bits per heavy atom. The van der Waals surface area contributed by atoms with Crippen LogP contribution in [-0.4, -0.2) is 30.1 Å². The normalized spacial score (nSPS) is 27.0. The molecule has 2 N–H and O–H groups in total. The first kappa shape index (κ1) is 15.3. The van der Waals surface area contributed by atoms with Crippen LogP contribution in [0.4, 0.5) is 0 Å². The molecule has 2 heteroatoms. The van der Waals surface area contributed by atoms with Crippen molar-refractivity contribution in [3.05, 3.63) is 0 Å². The van der Waals surface area contributed by atoms with E-state index in [2.05, 4.69) is 32.6 Å². The van der Waals surface area contributed by atoms with Crippen LogP contribution in [0.2, 0.25) is 0 Å². The summed E-state index contributed by atoms with van der Waals surface area (Å²) in [5.74, 6) is 1.84. The Kier molecular flexibility index (Phi) is 4.62. The molecule has 1 aliphatic carbocycles. The number of nitrogens with zero attached hydrogens (tertiary/aromatic N) is 1. The van der Waals surface area contributed by atoms with Crippen molar-refractivity contribution in [1.82, 2.24) is 4.90 Å². The molecule has 1 atom stereocenters. The number of piperidine rings is 1. The fraction of sp³-hybridized carbons (Fsp3) is 1.00. The van der Waals surface area contributed by atoms with E-state index in [0.717, 1.165) is 18.4 Å². The largest absolute Gasteiger partial charge is 0.329 e. The lowest BCUT2D eigenvalue weighted by Gasteiger charge is -2.49. The van der Waals surface area contributed by atoms with Crippen LogP contribution in [0.3, 0.4) is 0 Å². The van der Waals surface area contributed by atoms with Gasteiger partial charge in [0.15, 0.2) is 0 Å². The van der Waals surface area contributed by atoms with E-state index in [1.807, 2.05) is 0 Å². The first-order chi connectivity index (χ1) is 8.85. The van der Waals surface area contributed by atoms with Gasteiger partial charge in [-0.15, -0.1) is 0 Å². The molecule has 0 aromatic rings. The molecule has 0 spiro atoms. The molecule has 0 bridgehead atoms. The zero-order valence-electron chi connectivity index (χ0n) is 13.5. The summed E-state index contributed by atoms with van der Waals surface area (Å²) in [4.78, 5) is 2.70. The lowest BCUT2D eigenvalue weighted by Crippen LogP contribution is -2.56. The van der Waals surface area contributed by atoms with Crippen molar-refractivity contribution in [1.29, 1.82) is 0 Å². The SMILES string of the molecule is CC(C)(C)C1CCN(C(C)(CN)CC2CCC2)CC1. The van der Waals surface area contributed by atoms with Crippen LogP contribution in [0.15, 0.2) is 0 Å². The van der Waals surface area contributed by atoms with Gasteiger partial charge in [0.1, 0.15) is 0 Å². The molecule has 112 valence electrons. The summed E-state index contributed by atoms with van der Waals surface area (Å²) < 4.78 is 0. The molecular weight excluding hydrogens is 232 g/mol. The van der Waals surface area contributed by atoms with Crippen LogP contribution in [0.1, 0.15) is 66.2 Å². The fourth-order valence-electron chi connectivity index (χ4n) is 3.95. The molecule has 1 saturated heterocycles. The molecule has 0 radical (unpaired) electrons. The van der Waals surface area contributed by atoms with Gasteiger partial charge in [-0.05, 0) is 56.5 Å². The minimum absolute atomic E-state index is 0.258. The van der Waals surface area contributed by atoms with Crippen LogP contribution in [0.25, 0.3) is 0 Å². The Morgan fingerprint density at radius 1 is 1.00 bits per heavy atom. The molecule has 0 amide bonds. The summed E-state index contributed by atoms with van der Waals surface area (Å²) in [6.45, 7) is 12.9. The van der Waals surface area contributed by atoms with E-state index < -0.39 is 0 Å². The monoisotopic (exact) mass is 266 g/mol. The van der Waals surface area contributed by atoms with Crippen molar-refractivity contribution in [2.24, 2.45) is 23.0 Å². The Hall–Kier alpha value is -0.0800. The zero-order chi connectivity index (χ0) is 14.1. The first-order valence-electron chi connectivity index (χ1n) is 8.30. The predicted molar refractivity (Wildman–Crippen MR) is 83.2 cm³/mol. The third-order valence-electron chi connectivity index (χ3n) is 5.88. The van der Waals surface area contributed by atoms with Gasteiger partial charge < -0.3 is 5.73 Å². The van der Waals surface area contributed by atoms with Gasteiger partial charge >= 0.3 is 0 Å². The molecule has 2 aliphatic rings. The van der Waals surface area contributed by atoms with Crippen LogP contribution in [0.5, 0.6) is 0 Å². The van der Waals surface area contributed by atoms with Gasteiger partial charge in [-0.2, -0.15) is 0 Å². The standard InChI is InChI=1S/C17H34N2/c1-16(2,3)15-8-10-19(11-9-15)17(4,13-18)12-14-6-5-7-14/h14-15H,5-13,18H2,1-4H3. The highest BCUT2D eigenvalue weighted by molar-refractivity contribution is 4.94. The van der Waals surface area contributed by atoms with Gasteiger partial charge in [0.2, 0.25) is 0 Å². The lowest BCUT2D eigenvalue weighted by atomic mass is 9.72. The second-order valence-corrected chi connectivity index (χ2v) is 8.33. The summed E-state index contributed by atoms with van der Waals surface area (Å²) in [5, 5.41) is 0. The maximum Gasteiger partial charge on any atom is 0.0306 e. The van der Waals surface area contributed by atoms with Crippen molar-refractivity contribution >= 4 is 0 Å². The van der Waals surface area contributed by atoms with Crippen LogP contribution in [0, 0.1) is 17.3 Å². The summed E-state index contributed by atoms with van der Waals surface area (Å²) >= 11 is 0. The Labute approximate surface area is 120 Å². The van der Waals surface area contributed by atoms with Gasteiger partial charge in [-0.25, -0.2) is 0 Å². The van der Waals surface area contributed by atoms with Crippen LogP contribution in [-0.2, 0) is 0 Å². The lowest BCUT2D eigenvalue weighted by molar-refractivity contribution is 0.0178. The molecule has 2 rings (SSSR count). The Bertz CT molecular complexity index is 282. The quantitative estimate of drug-likeness (QED) is 0.841. The molecule has 1 aliphatic heterocycles. The maximum atomic E-state index is 6.14. The molecule has 2 fully saturated rings. The van der Waals surface area contributed by atoms with E-state index in [9.17, 15) is 0 Å². The van der Waals surface area contributed by atoms with Crippen molar-refractivity contribution in [3.8, 4) is 0 Å². The van der Waals surface area contributed by atoms with E-state index in [1.54, 1.807) is 0 Å². The van der Waals surface area contributed by atoms with Crippen molar-refractivity contribution in [2.75, 3.05) is 19.6 Å². The Balaban J connectivity index is 1.90. The highest BCUT2D eigenvalue weighted by atomic mass is 15.2. The van der Waals surface area contributed by atoms with Gasteiger partial charge in [0.25, 0.3) is 0 Å². The van der Waals surface area contributed by atoms with Crippen LogP contribution >= 0.6 is 0 Å². The molecule has 19 heavy (non-hydrogen) atoms. The predicted octanol–water partition coefficient (Wildman–Crippen LogP) is 3.65. The maximum absolute atomic E-state index is 6.14. The summed E-state index contributed by atoms with van der Waals surface area (Å²) in [6.07, 6.45) is 8.34. The van der Waals surface area contributed by atoms with E-state index in [0.29, 0.717) is 5.41 Å². The zero-order valence-corrected chi connectivity index (χ0v) is 13.5. The average Bonchev–Trinajstić information content (AvgIpc) is 2.33. The van der Waals surface area contributed by atoms with Crippen molar-refractivity contribution in [3.63, 3.8) is 0 Å². The fourth-order valence-corrected chi connectivity index (χ4v) is 3.95. The first-order valence-corrected chi connectivity index (χ1v) is 8.30. The highest BCUT2D eigenvalue weighted by Crippen LogP contribution is 2.39. The van der Waals surface area contributed by atoms with E-state index in [1.165, 1.54) is 51.6 Å². The summed E-state index contributed by atoms with van der Waals surface area (Å²) in [5.41, 5.74) is 6.87. The van der Waals surface area contributed by atoms with Crippen molar-refractivity contribution in [2.45, 2.75) is 71.8 Å². The second-order valence-electron chi connectivity index (χ2n) is 8.33. The number of rotatable bonds is 4. The molecule has 2 nitrogen and oxygen atoms in total. The molecule has 0 aromatic heterocycles. The molecule has 1 saturated carbocycles. The van der Waals surface area contributed by atoms with Gasteiger partial charge in [0.05, 0.1) is 0 Å². The molecule has 0 aromatic carbocycles. The Morgan fingerprint density at radius 2 is 1.58 bits per heavy atom. The topological polar surface area (TPSA) is 29.3 Å². The number of hydrogen-bond donors (Lipinski definition) is 1. The smallest absolute Gasteiger partial charge is 0.0306 e. The van der Waals surface area contributed by atoms with E-state index in [4.69, 9.17) is 5.73 Å². The average molecular weight is 266 g/mol. The summed E-state index contributed by atoms with van der Waals surface area (Å²) in [6, 6.07) is 0. The van der Waals surface area contributed by atoms with Crippen molar-refractivity contribution < 1.29 is 0 Å². The summed E-state index contributed by atoms with van der Waals surface area (Å²) in [7, 11) is 0. The molecule has 1 unspecified atom stereocenters. The second kappa shape index (κ2) is 5.73. The van der Waals surface area contributed by atoms with E-state index >= 15 is 0 Å².